The van der Waals surface area contributed by atoms with Crippen LogP contribution >= 0.6 is 0 Å². The van der Waals surface area contributed by atoms with Gasteiger partial charge in [-0.2, -0.15) is 18.3 Å². The number of fused-ring (bicyclic) bond motifs is 1. The van der Waals surface area contributed by atoms with E-state index in [0.29, 0.717) is 17.8 Å². The first kappa shape index (κ1) is 15.4. The number of hydrogen-bond donors (Lipinski definition) is 1. The molecule has 4 nitrogen and oxygen atoms in total. The van der Waals surface area contributed by atoms with Gasteiger partial charge in [-0.15, -0.1) is 0 Å². The normalized spacial score (nSPS) is 14.9. The van der Waals surface area contributed by atoms with Gasteiger partial charge in [-0.25, -0.2) is 9.07 Å². The zero-order chi connectivity index (χ0) is 16.8. The van der Waals surface area contributed by atoms with E-state index >= 15 is 0 Å². The lowest BCUT2D eigenvalue weighted by atomic mass is 9.97. The van der Waals surface area contributed by atoms with Crippen LogP contribution in [0.3, 0.4) is 0 Å². The van der Waals surface area contributed by atoms with Crippen molar-refractivity contribution in [3.8, 4) is 5.69 Å². The summed E-state index contributed by atoms with van der Waals surface area (Å²) >= 11 is 0. The summed E-state index contributed by atoms with van der Waals surface area (Å²) in [6.07, 6.45) is -1.19. The average Bonchev–Trinajstić information content (AvgIpc) is 2.89. The summed E-state index contributed by atoms with van der Waals surface area (Å²) in [4.78, 5) is 3.75. The summed E-state index contributed by atoms with van der Waals surface area (Å²) in [5.41, 5.74) is -2.70. The van der Waals surface area contributed by atoms with E-state index in [1.807, 2.05) is 0 Å². The fourth-order valence-electron chi connectivity index (χ4n) is 2.18. The first-order valence-corrected chi connectivity index (χ1v) is 6.58. The third kappa shape index (κ3) is 2.55. The Hall–Kier alpha value is -2.48. The van der Waals surface area contributed by atoms with Gasteiger partial charge in [0.05, 0.1) is 23.6 Å². The summed E-state index contributed by atoms with van der Waals surface area (Å²) < 4.78 is 53.4. The van der Waals surface area contributed by atoms with E-state index in [9.17, 15) is 22.7 Å². The lowest BCUT2D eigenvalue weighted by molar-refractivity contribution is -0.259. The minimum absolute atomic E-state index is 0.230. The molecule has 0 spiro atoms. The zero-order valence-electron chi connectivity index (χ0n) is 11.8. The van der Waals surface area contributed by atoms with E-state index in [-0.39, 0.29) is 5.69 Å². The predicted molar refractivity (Wildman–Crippen MR) is 74.4 cm³/mol. The minimum atomic E-state index is -4.84. The van der Waals surface area contributed by atoms with Gasteiger partial charge in [-0.1, -0.05) is 0 Å². The van der Waals surface area contributed by atoms with Gasteiger partial charge in [0.1, 0.15) is 5.82 Å². The Morgan fingerprint density at radius 3 is 2.52 bits per heavy atom. The van der Waals surface area contributed by atoms with Crippen LogP contribution in [-0.2, 0) is 5.60 Å². The standard InChI is InChI=1S/C15H11F4N3O/c1-14(23,15(17,18)19)10-5-12(8-20-7-10)22-13-3-2-11(16)4-9(13)6-21-22/h2-8,23H,1H3. The van der Waals surface area contributed by atoms with Crippen LogP contribution in [0.5, 0.6) is 0 Å². The van der Waals surface area contributed by atoms with Crippen LogP contribution in [0.4, 0.5) is 17.6 Å². The highest BCUT2D eigenvalue weighted by atomic mass is 19.4. The van der Waals surface area contributed by atoms with Crippen molar-refractivity contribution in [1.29, 1.82) is 0 Å². The number of hydrogen-bond acceptors (Lipinski definition) is 3. The van der Waals surface area contributed by atoms with Crippen molar-refractivity contribution in [3.63, 3.8) is 0 Å². The highest BCUT2D eigenvalue weighted by Gasteiger charge is 2.51. The van der Waals surface area contributed by atoms with Gasteiger partial charge in [0.2, 0.25) is 0 Å². The van der Waals surface area contributed by atoms with Crippen LogP contribution in [0.25, 0.3) is 16.6 Å². The molecule has 1 unspecified atom stereocenters. The molecule has 0 saturated heterocycles. The lowest BCUT2D eigenvalue weighted by Gasteiger charge is -2.26. The molecule has 23 heavy (non-hydrogen) atoms. The molecule has 0 aliphatic carbocycles. The molecule has 3 aromatic rings. The Morgan fingerprint density at radius 2 is 1.83 bits per heavy atom. The molecule has 1 atom stereocenters. The second-order valence-electron chi connectivity index (χ2n) is 5.26. The summed E-state index contributed by atoms with van der Waals surface area (Å²) in [7, 11) is 0. The Kier molecular flexibility index (Phi) is 3.36. The van der Waals surface area contributed by atoms with Crippen LogP contribution in [0.2, 0.25) is 0 Å². The van der Waals surface area contributed by atoms with E-state index in [0.717, 1.165) is 12.3 Å². The third-order valence-corrected chi connectivity index (χ3v) is 3.61. The van der Waals surface area contributed by atoms with Crippen molar-refractivity contribution in [2.45, 2.75) is 18.7 Å². The number of aromatic nitrogens is 3. The molecule has 0 radical (unpaired) electrons. The minimum Gasteiger partial charge on any atom is -0.376 e. The van der Waals surface area contributed by atoms with Crippen molar-refractivity contribution in [3.05, 3.63) is 54.2 Å². The molecule has 120 valence electrons. The van der Waals surface area contributed by atoms with Gasteiger partial charge in [0, 0.05) is 17.1 Å². The van der Waals surface area contributed by atoms with Crippen LogP contribution in [0.1, 0.15) is 12.5 Å². The largest absolute Gasteiger partial charge is 0.421 e. The first-order valence-electron chi connectivity index (χ1n) is 6.58. The second-order valence-corrected chi connectivity index (χ2v) is 5.26. The molecule has 0 fully saturated rings. The highest BCUT2D eigenvalue weighted by Crippen LogP contribution is 2.38. The molecule has 0 amide bonds. The number of halogens is 4. The molecule has 0 bridgehead atoms. The quantitative estimate of drug-likeness (QED) is 0.735. The summed E-state index contributed by atoms with van der Waals surface area (Å²) in [6, 6.07) is 5.11. The molecule has 1 N–H and O–H groups in total. The summed E-state index contributed by atoms with van der Waals surface area (Å²) in [5.74, 6) is -0.441. The van der Waals surface area contributed by atoms with Crippen molar-refractivity contribution in [1.82, 2.24) is 14.8 Å². The van der Waals surface area contributed by atoms with Gasteiger partial charge in [0.25, 0.3) is 0 Å². The van der Waals surface area contributed by atoms with Crippen molar-refractivity contribution in [2.24, 2.45) is 0 Å². The molecule has 8 heteroatoms. The topological polar surface area (TPSA) is 50.9 Å². The van der Waals surface area contributed by atoms with Crippen LogP contribution in [0.15, 0.2) is 42.9 Å². The first-order chi connectivity index (χ1) is 10.7. The number of alkyl halides is 3. The van der Waals surface area contributed by atoms with E-state index in [1.54, 1.807) is 0 Å². The molecule has 0 aliphatic rings. The van der Waals surface area contributed by atoms with Gasteiger partial charge in [0.15, 0.2) is 5.60 Å². The Balaban J connectivity index is 2.13. The van der Waals surface area contributed by atoms with Crippen molar-refractivity contribution >= 4 is 10.9 Å². The van der Waals surface area contributed by atoms with E-state index in [1.165, 1.54) is 35.3 Å². The maximum absolute atomic E-state index is 13.2. The molecule has 1 aromatic carbocycles. The number of aliphatic hydroxyl groups is 1. The lowest BCUT2D eigenvalue weighted by Crippen LogP contribution is -2.39. The van der Waals surface area contributed by atoms with E-state index in [2.05, 4.69) is 10.1 Å². The van der Waals surface area contributed by atoms with Crippen LogP contribution in [-0.4, -0.2) is 26.0 Å². The average molecular weight is 325 g/mol. The number of rotatable bonds is 2. The fourth-order valence-corrected chi connectivity index (χ4v) is 2.18. The smallest absolute Gasteiger partial charge is 0.376 e. The second kappa shape index (κ2) is 5.02. The Bertz CT molecular complexity index is 871. The molecule has 2 aromatic heterocycles. The Labute approximate surface area is 128 Å². The number of pyridine rings is 1. The third-order valence-electron chi connectivity index (χ3n) is 3.61. The van der Waals surface area contributed by atoms with Crippen LogP contribution < -0.4 is 0 Å². The Morgan fingerprint density at radius 1 is 1.09 bits per heavy atom. The zero-order valence-corrected chi connectivity index (χ0v) is 11.8. The van der Waals surface area contributed by atoms with Crippen molar-refractivity contribution < 1.29 is 22.7 Å². The van der Waals surface area contributed by atoms with Gasteiger partial charge >= 0.3 is 6.18 Å². The number of nitrogens with zero attached hydrogens (tertiary/aromatic N) is 3. The molecule has 3 rings (SSSR count). The van der Waals surface area contributed by atoms with Crippen molar-refractivity contribution in [2.75, 3.05) is 0 Å². The molecule has 0 saturated carbocycles. The van der Waals surface area contributed by atoms with Gasteiger partial charge in [-0.3, -0.25) is 4.98 Å². The SMILES string of the molecule is CC(O)(c1cncc(-n2ncc3cc(F)ccc32)c1)C(F)(F)F. The molecule has 2 heterocycles. The molecular weight excluding hydrogens is 314 g/mol. The molecule has 0 aliphatic heterocycles. The van der Waals surface area contributed by atoms with E-state index < -0.39 is 23.2 Å². The highest BCUT2D eigenvalue weighted by molar-refractivity contribution is 5.80. The number of benzene rings is 1. The summed E-state index contributed by atoms with van der Waals surface area (Å²) in [6.45, 7) is 0.657. The van der Waals surface area contributed by atoms with Gasteiger partial charge in [-0.05, 0) is 31.2 Å². The van der Waals surface area contributed by atoms with Crippen LogP contribution in [0, 0.1) is 5.82 Å². The fraction of sp³-hybridized carbons (Fsp3) is 0.200. The maximum atomic E-state index is 13.2. The van der Waals surface area contributed by atoms with E-state index in [4.69, 9.17) is 0 Å². The monoisotopic (exact) mass is 325 g/mol. The summed E-state index contributed by atoms with van der Waals surface area (Å²) in [5, 5.41) is 14.3. The molecular formula is C15H11F4N3O. The maximum Gasteiger partial charge on any atom is 0.421 e. The van der Waals surface area contributed by atoms with Gasteiger partial charge < -0.3 is 5.11 Å². The predicted octanol–water partition coefficient (Wildman–Crippen LogP) is 3.33.